The number of nitrogens with zero attached hydrogens (tertiary/aromatic N) is 9. The molecule has 2 aromatic carbocycles. The lowest BCUT2D eigenvalue weighted by molar-refractivity contribution is -0.137. The van der Waals surface area contributed by atoms with Crippen molar-refractivity contribution >= 4 is 33.7 Å². The number of hydrogen-bond donors (Lipinski definition) is 0. The number of pyridine rings is 1. The number of likely N-dealkylation sites (N-methyl/N-ethyl adjacent to an activating group) is 2. The molecule has 2 aliphatic rings. The minimum absolute atomic E-state index is 0.0375. The number of hydrogen-bond acceptors (Lipinski definition) is 9. The van der Waals surface area contributed by atoms with Crippen molar-refractivity contribution in [1.82, 2.24) is 34.7 Å². The summed E-state index contributed by atoms with van der Waals surface area (Å²) in [6, 6.07) is 6.84. The fraction of sp³-hybridized carbons (Fsp3) is 0.486. The molecule has 2 saturated heterocycles. The molecular weight excluding hydrogens is 678 g/mol. The third-order valence-corrected chi connectivity index (χ3v) is 10.4. The molecule has 2 aliphatic heterocycles. The molecule has 15 heteroatoms. The van der Waals surface area contributed by atoms with Crippen molar-refractivity contribution in [3.63, 3.8) is 0 Å². The summed E-state index contributed by atoms with van der Waals surface area (Å²) in [5.74, 6) is -0.905. The van der Waals surface area contributed by atoms with E-state index in [1.165, 1.54) is 19.3 Å². The largest absolute Gasteiger partial charge is 0.496 e. The van der Waals surface area contributed by atoms with E-state index in [1.54, 1.807) is 34.7 Å². The Balaban J connectivity index is 1.55. The SMILES string of the molecule is COc1c(C)cccc1-c1c(C(F)(F)F)cc2c(nc(N3CC(C)(N(C)C)C3)c3nnn(C4CCN(C(=O)/C=C/CN(C)C)[C@H](CC#N)C4)c32)c1F. The van der Waals surface area contributed by atoms with Gasteiger partial charge in [-0.15, -0.1) is 5.10 Å². The summed E-state index contributed by atoms with van der Waals surface area (Å²) in [5, 5.41) is 18.6. The molecule has 11 nitrogen and oxygen atoms in total. The molecule has 2 aromatic heterocycles. The van der Waals surface area contributed by atoms with Crippen molar-refractivity contribution in [2.75, 3.05) is 66.4 Å². The number of methoxy groups -OCH3 is 1. The fourth-order valence-corrected chi connectivity index (χ4v) is 7.38. The highest BCUT2D eigenvalue weighted by molar-refractivity contribution is 6.08. The van der Waals surface area contributed by atoms with E-state index in [4.69, 9.17) is 9.72 Å². The summed E-state index contributed by atoms with van der Waals surface area (Å²) in [4.78, 5) is 25.5. The summed E-state index contributed by atoms with van der Waals surface area (Å²) in [6.07, 6.45) is -0.950. The van der Waals surface area contributed by atoms with Gasteiger partial charge in [-0.1, -0.05) is 29.5 Å². The molecule has 0 radical (unpaired) electrons. The lowest BCUT2D eigenvalue weighted by Crippen LogP contribution is -2.67. The minimum atomic E-state index is -4.95. The number of carbonyl (C=O) groups excluding carboxylic acids is 1. The highest BCUT2D eigenvalue weighted by Gasteiger charge is 2.44. The summed E-state index contributed by atoms with van der Waals surface area (Å²) >= 11 is 0. The number of carbonyl (C=O) groups is 1. The molecule has 1 unspecified atom stereocenters. The molecular formula is C37H43F4N9O2. The molecule has 0 bridgehead atoms. The zero-order valence-corrected chi connectivity index (χ0v) is 30.4. The van der Waals surface area contributed by atoms with E-state index in [1.807, 2.05) is 38.0 Å². The highest BCUT2D eigenvalue weighted by Crippen LogP contribution is 2.47. The molecule has 2 atom stereocenters. The van der Waals surface area contributed by atoms with Crippen LogP contribution < -0.4 is 9.64 Å². The maximum atomic E-state index is 17.1. The summed E-state index contributed by atoms with van der Waals surface area (Å²) in [5.41, 5.74) is -1.31. The Bertz CT molecular complexity index is 2080. The summed E-state index contributed by atoms with van der Waals surface area (Å²) in [7, 11) is 9.04. The van der Waals surface area contributed by atoms with E-state index in [-0.39, 0.29) is 57.7 Å². The van der Waals surface area contributed by atoms with E-state index < -0.39 is 35.2 Å². The predicted molar refractivity (Wildman–Crippen MR) is 191 cm³/mol. The van der Waals surface area contributed by atoms with E-state index in [2.05, 4.69) is 28.2 Å². The average Bonchev–Trinajstić information content (AvgIpc) is 3.51. The van der Waals surface area contributed by atoms with Gasteiger partial charge in [0.15, 0.2) is 17.2 Å². The first-order valence-electron chi connectivity index (χ1n) is 17.1. The van der Waals surface area contributed by atoms with Gasteiger partial charge in [-0.3, -0.25) is 4.79 Å². The molecule has 0 saturated carbocycles. The van der Waals surface area contributed by atoms with Crippen LogP contribution in [-0.2, 0) is 11.0 Å². The van der Waals surface area contributed by atoms with Crippen LogP contribution >= 0.6 is 0 Å². The molecule has 1 amide bonds. The van der Waals surface area contributed by atoms with Crippen LogP contribution in [0.4, 0.5) is 23.4 Å². The number of rotatable bonds is 9. The lowest BCUT2D eigenvalue weighted by Gasteiger charge is -2.52. The lowest BCUT2D eigenvalue weighted by atomic mass is 9.90. The molecule has 0 N–H and O–H groups in total. The van der Waals surface area contributed by atoms with Gasteiger partial charge in [-0.25, -0.2) is 14.1 Å². The van der Waals surface area contributed by atoms with Gasteiger partial charge in [0.25, 0.3) is 0 Å². The van der Waals surface area contributed by atoms with Gasteiger partial charge >= 0.3 is 6.18 Å². The van der Waals surface area contributed by atoms with E-state index >= 15 is 17.6 Å². The van der Waals surface area contributed by atoms with Crippen LogP contribution in [0.3, 0.4) is 0 Å². The normalized spacial score (nSPS) is 19.2. The number of aryl methyl sites for hydroxylation is 1. The Morgan fingerprint density at radius 1 is 1.19 bits per heavy atom. The third-order valence-electron chi connectivity index (χ3n) is 10.4. The minimum Gasteiger partial charge on any atom is -0.496 e. The molecule has 52 heavy (non-hydrogen) atoms. The number of aromatic nitrogens is 4. The Morgan fingerprint density at radius 2 is 1.92 bits per heavy atom. The standard InChI is InChI=1S/C37H43F4N9O2/c1-22-10-8-11-25(34(22)52-7)29-27(37(39,40)41)19-26-31(30(29)38)43-35(48-20-36(2,21-48)47(5)6)32-33(26)50(45-44-32)24-14-17-49(23(18-24)13-15-42)28(51)12-9-16-46(3)4/h8-12,19,23-24H,13-14,16-18,20-21H2,1-7H3/b12-9+/t23-,24?/m1/s1. The number of likely N-dealkylation sites (tertiary alicyclic amines) is 1. The van der Waals surface area contributed by atoms with Crippen LogP contribution in [0, 0.1) is 24.1 Å². The summed E-state index contributed by atoms with van der Waals surface area (Å²) < 4.78 is 69.2. The monoisotopic (exact) mass is 721 g/mol. The van der Waals surface area contributed by atoms with E-state index in [9.17, 15) is 10.1 Å². The zero-order chi connectivity index (χ0) is 37.7. The first-order chi connectivity index (χ1) is 24.6. The number of ether oxygens (including phenoxy) is 1. The number of halogens is 4. The number of piperidine rings is 1. The van der Waals surface area contributed by atoms with Crippen LogP contribution in [-0.4, -0.2) is 114 Å². The van der Waals surface area contributed by atoms with Crippen molar-refractivity contribution in [3.8, 4) is 22.9 Å². The fourth-order valence-electron chi connectivity index (χ4n) is 7.38. The van der Waals surface area contributed by atoms with Crippen molar-refractivity contribution in [2.45, 2.75) is 56.9 Å². The number of nitriles is 1. The Labute approximate surface area is 300 Å². The zero-order valence-electron chi connectivity index (χ0n) is 30.4. The van der Waals surface area contributed by atoms with Crippen LogP contribution in [0.2, 0.25) is 0 Å². The molecule has 4 aromatic rings. The maximum Gasteiger partial charge on any atom is 0.417 e. The topological polar surface area (TPSA) is 107 Å². The number of anilines is 1. The quantitative estimate of drug-likeness (QED) is 0.156. The Morgan fingerprint density at radius 3 is 2.56 bits per heavy atom. The van der Waals surface area contributed by atoms with E-state index in [0.29, 0.717) is 43.9 Å². The Hall–Kier alpha value is -4.81. The highest BCUT2D eigenvalue weighted by atomic mass is 19.4. The number of benzene rings is 2. The maximum absolute atomic E-state index is 17.1. The van der Waals surface area contributed by atoms with Crippen LogP contribution in [0.25, 0.3) is 33.1 Å². The van der Waals surface area contributed by atoms with Gasteiger partial charge in [0.05, 0.1) is 36.7 Å². The van der Waals surface area contributed by atoms with Crippen molar-refractivity contribution in [3.05, 3.63) is 53.4 Å². The van der Waals surface area contributed by atoms with Crippen LogP contribution in [0.5, 0.6) is 5.75 Å². The van der Waals surface area contributed by atoms with Gasteiger partial charge in [0.1, 0.15) is 16.8 Å². The molecule has 2 fully saturated rings. The molecule has 0 spiro atoms. The Kier molecular flexibility index (Phi) is 9.93. The number of amides is 1. The van der Waals surface area contributed by atoms with Gasteiger partial charge in [0, 0.05) is 54.8 Å². The van der Waals surface area contributed by atoms with Crippen molar-refractivity contribution in [2.24, 2.45) is 0 Å². The smallest absolute Gasteiger partial charge is 0.417 e. The predicted octanol–water partition coefficient (Wildman–Crippen LogP) is 5.83. The first-order valence-corrected chi connectivity index (χ1v) is 17.1. The second-order valence-electron chi connectivity index (χ2n) is 14.5. The van der Waals surface area contributed by atoms with E-state index in [0.717, 1.165) is 6.07 Å². The van der Waals surface area contributed by atoms with Crippen molar-refractivity contribution in [1.29, 1.82) is 5.26 Å². The third kappa shape index (κ3) is 6.54. The molecule has 276 valence electrons. The van der Waals surface area contributed by atoms with Crippen molar-refractivity contribution < 1.29 is 27.1 Å². The van der Waals surface area contributed by atoms with Crippen LogP contribution in [0.1, 0.15) is 43.4 Å². The first kappa shape index (κ1) is 37.0. The number of fused-ring (bicyclic) bond motifs is 3. The van der Waals surface area contributed by atoms with Gasteiger partial charge < -0.3 is 24.3 Å². The average molecular weight is 722 g/mol. The van der Waals surface area contributed by atoms with Gasteiger partial charge in [-0.2, -0.15) is 18.4 Å². The molecule has 4 heterocycles. The second-order valence-corrected chi connectivity index (χ2v) is 14.5. The number of para-hydroxylation sites is 1. The summed E-state index contributed by atoms with van der Waals surface area (Å²) in [6.45, 7) is 5.66. The second kappa shape index (κ2) is 14.0. The van der Waals surface area contributed by atoms with Gasteiger partial charge in [0.2, 0.25) is 5.91 Å². The number of alkyl halides is 3. The van der Waals surface area contributed by atoms with Crippen LogP contribution in [0.15, 0.2) is 36.4 Å². The molecule has 6 rings (SSSR count). The molecule has 0 aliphatic carbocycles. The van der Waals surface area contributed by atoms with Gasteiger partial charge in [-0.05, 0) is 66.5 Å².